The number of nitrogens with one attached hydrogen (secondary N) is 1. The molecule has 6 nitrogen and oxygen atoms in total. The molecule has 1 heterocycles. The Hall–Kier alpha value is -4.36. The SMILES string of the molecule is O=C(CC(NC(=O)c1ccccc1)c1ccccc1)OCC(=O)N1c2ccccc2Sc2ccccc21. The molecule has 7 heteroatoms. The van der Waals surface area contributed by atoms with Crippen LogP contribution in [0, 0.1) is 0 Å². The number of rotatable bonds is 7. The minimum Gasteiger partial charge on any atom is -0.455 e. The van der Waals surface area contributed by atoms with Crippen molar-refractivity contribution >= 4 is 40.9 Å². The number of anilines is 2. The van der Waals surface area contributed by atoms with E-state index >= 15 is 0 Å². The summed E-state index contributed by atoms with van der Waals surface area (Å²) in [5, 5.41) is 2.92. The number of hydrogen-bond donors (Lipinski definition) is 1. The van der Waals surface area contributed by atoms with E-state index in [4.69, 9.17) is 4.74 Å². The third-order valence-electron chi connectivity index (χ3n) is 5.95. The van der Waals surface area contributed by atoms with Gasteiger partial charge in [0.05, 0.1) is 23.8 Å². The summed E-state index contributed by atoms with van der Waals surface area (Å²) in [6.45, 7) is -0.416. The van der Waals surface area contributed by atoms with Gasteiger partial charge in [0.1, 0.15) is 0 Å². The zero-order valence-corrected chi connectivity index (χ0v) is 20.7. The first-order valence-corrected chi connectivity index (χ1v) is 12.7. The smallest absolute Gasteiger partial charge is 0.308 e. The molecule has 5 rings (SSSR count). The largest absolute Gasteiger partial charge is 0.455 e. The summed E-state index contributed by atoms with van der Waals surface area (Å²) < 4.78 is 5.44. The van der Waals surface area contributed by atoms with Crippen LogP contribution in [0.25, 0.3) is 0 Å². The van der Waals surface area contributed by atoms with Gasteiger partial charge in [0.25, 0.3) is 11.8 Å². The monoisotopic (exact) mass is 508 g/mol. The molecule has 37 heavy (non-hydrogen) atoms. The molecule has 1 aliphatic rings. The second-order valence-electron chi connectivity index (χ2n) is 8.43. The molecule has 0 saturated heterocycles. The molecule has 0 spiro atoms. The van der Waals surface area contributed by atoms with Gasteiger partial charge in [0.15, 0.2) is 6.61 Å². The number of benzene rings is 4. The topological polar surface area (TPSA) is 75.7 Å². The third-order valence-corrected chi connectivity index (χ3v) is 7.08. The number of carbonyl (C=O) groups is 3. The van der Waals surface area contributed by atoms with E-state index in [-0.39, 0.29) is 18.2 Å². The second-order valence-corrected chi connectivity index (χ2v) is 9.52. The van der Waals surface area contributed by atoms with Crippen LogP contribution in [-0.2, 0) is 14.3 Å². The second kappa shape index (κ2) is 11.1. The van der Waals surface area contributed by atoms with Crippen molar-refractivity contribution in [2.45, 2.75) is 22.3 Å². The maximum absolute atomic E-state index is 13.3. The molecule has 184 valence electrons. The van der Waals surface area contributed by atoms with Crippen molar-refractivity contribution in [1.29, 1.82) is 0 Å². The van der Waals surface area contributed by atoms with Crippen molar-refractivity contribution in [3.8, 4) is 0 Å². The van der Waals surface area contributed by atoms with Crippen LogP contribution in [0.2, 0.25) is 0 Å². The van der Waals surface area contributed by atoms with E-state index in [1.54, 1.807) is 40.9 Å². The first kappa shape index (κ1) is 24.3. The Morgan fingerprint density at radius 2 is 1.27 bits per heavy atom. The number of esters is 1. The lowest BCUT2D eigenvalue weighted by atomic mass is 10.0. The zero-order chi connectivity index (χ0) is 25.6. The Bertz CT molecular complexity index is 1380. The maximum Gasteiger partial charge on any atom is 0.308 e. The highest BCUT2D eigenvalue weighted by Gasteiger charge is 2.29. The highest BCUT2D eigenvalue weighted by molar-refractivity contribution is 7.99. The van der Waals surface area contributed by atoms with E-state index in [9.17, 15) is 14.4 Å². The molecule has 4 aromatic rings. The van der Waals surface area contributed by atoms with Crippen LogP contribution < -0.4 is 10.2 Å². The predicted molar refractivity (Wildman–Crippen MR) is 143 cm³/mol. The minimum atomic E-state index is -0.607. The first-order chi connectivity index (χ1) is 18.1. The molecule has 2 amide bonds. The minimum absolute atomic E-state index is 0.112. The zero-order valence-electron chi connectivity index (χ0n) is 19.9. The van der Waals surface area contributed by atoms with Crippen LogP contribution in [0.1, 0.15) is 28.4 Å². The molecule has 1 unspecified atom stereocenters. The van der Waals surface area contributed by atoms with Crippen molar-refractivity contribution in [3.63, 3.8) is 0 Å². The summed E-state index contributed by atoms with van der Waals surface area (Å²) in [5.74, 6) is -1.22. The van der Waals surface area contributed by atoms with Crippen LogP contribution in [0.5, 0.6) is 0 Å². The molecule has 0 aromatic heterocycles. The Labute approximate surface area is 219 Å². The average Bonchev–Trinajstić information content (AvgIpc) is 2.95. The van der Waals surface area contributed by atoms with Gasteiger partial charge in [-0.15, -0.1) is 0 Å². The summed E-state index contributed by atoms with van der Waals surface area (Å²) in [7, 11) is 0. The first-order valence-electron chi connectivity index (χ1n) is 11.9. The van der Waals surface area contributed by atoms with Gasteiger partial charge in [-0.2, -0.15) is 0 Å². The molecule has 0 aliphatic carbocycles. The van der Waals surface area contributed by atoms with Crippen molar-refractivity contribution in [2.24, 2.45) is 0 Å². The van der Waals surface area contributed by atoms with Crippen molar-refractivity contribution < 1.29 is 19.1 Å². The van der Waals surface area contributed by atoms with E-state index in [2.05, 4.69) is 5.32 Å². The Kier molecular flexibility index (Phi) is 7.33. The average molecular weight is 509 g/mol. The predicted octanol–water partition coefficient (Wildman–Crippen LogP) is 5.92. The van der Waals surface area contributed by atoms with Gasteiger partial charge in [0.2, 0.25) is 0 Å². The van der Waals surface area contributed by atoms with Crippen LogP contribution >= 0.6 is 11.8 Å². The molecule has 1 aliphatic heterocycles. The van der Waals surface area contributed by atoms with Gasteiger partial charge in [-0.1, -0.05) is 84.6 Å². The number of nitrogens with zero attached hydrogens (tertiary/aromatic N) is 1. The lowest BCUT2D eigenvalue weighted by Gasteiger charge is -2.30. The number of para-hydroxylation sites is 2. The summed E-state index contributed by atoms with van der Waals surface area (Å²) in [4.78, 5) is 42.5. The van der Waals surface area contributed by atoms with Crippen LogP contribution in [-0.4, -0.2) is 24.4 Å². The quantitative estimate of drug-likeness (QED) is 0.314. The van der Waals surface area contributed by atoms with Crippen molar-refractivity contribution in [3.05, 3.63) is 120 Å². The molecule has 1 N–H and O–H groups in total. The molecule has 1 atom stereocenters. The maximum atomic E-state index is 13.3. The van der Waals surface area contributed by atoms with E-state index < -0.39 is 18.6 Å². The van der Waals surface area contributed by atoms with E-state index in [1.165, 1.54) is 0 Å². The third kappa shape index (κ3) is 5.57. The van der Waals surface area contributed by atoms with Crippen LogP contribution in [0.4, 0.5) is 11.4 Å². The highest BCUT2D eigenvalue weighted by atomic mass is 32.2. The van der Waals surface area contributed by atoms with Gasteiger partial charge in [0, 0.05) is 15.4 Å². The fourth-order valence-corrected chi connectivity index (χ4v) is 5.23. The van der Waals surface area contributed by atoms with Gasteiger partial charge < -0.3 is 10.1 Å². The molecular weight excluding hydrogens is 484 g/mol. The lowest BCUT2D eigenvalue weighted by molar-refractivity contribution is -0.148. The number of hydrogen-bond acceptors (Lipinski definition) is 5. The number of fused-ring (bicyclic) bond motifs is 2. The summed E-state index contributed by atoms with van der Waals surface area (Å²) >= 11 is 1.60. The normalized spacial score (nSPS) is 12.6. The van der Waals surface area contributed by atoms with Gasteiger partial charge in [-0.3, -0.25) is 19.3 Å². The van der Waals surface area contributed by atoms with Crippen molar-refractivity contribution in [1.82, 2.24) is 5.32 Å². The van der Waals surface area contributed by atoms with Crippen LogP contribution in [0.15, 0.2) is 119 Å². The summed E-state index contributed by atoms with van der Waals surface area (Å²) in [6.07, 6.45) is -0.112. The molecular formula is C30H24N2O4S. The van der Waals surface area contributed by atoms with Gasteiger partial charge >= 0.3 is 5.97 Å². The summed E-state index contributed by atoms with van der Waals surface area (Å²) in [6, 6.07) is 32.7. The molecule has 4 aromatic carbocycles. The highest BCUT2D eigenvalue weighted by Crippen LogP contribution is 2.47. The Morgan fingerprint density at radius 1 is 0.730 bits per heavy atom. The van der Waals surface area contributed by atoms with Crippen LogP contribution in [0.3, 0.4) is 0 Å². The lowest BCUT2D eigenvalue weighted by Crippen LogP contribution is -2.34. The number of ether oxygens (including phenoxy) is 1. The number of carbonyl (C=O) groups excluding carboxylic acids is 3. The fourth-order valence-electron chi connectivity index (χ4n) is 4.17. The molecule has 0 saturated carbocycles. The molecule has 0 fully saturated rings. The van der Waals surface area contributed by atoms with Gasteiger partial charge in [-0.05, 0) is 42.0 Å². The van der Waals surface area contributed by atoms with Gasteiger partial charge in [-0.25, -0.2) is 0 Å². The standard InChI is InChI=1S/C30H24N2O4S/c33-28(32-24-15-7-9-17-26(24)37-27-18-10-8-16-25(27)32)20-36-29(34)19-23(21-11-3-1-4-12-21)31-30(35)22-13-5-2-6-14-22/h1-18,23H,19-20H2,(H,31,35). The molecule has 0 radical (unpaired) electrons. The molecule has 0 bridgehead atoms. The summed E-state index contributed by atoms with van der Waals surface area (Å²) in [5.41, 5.74) is 2.77. The van der Waals surface area contributed by atoms with E-state index in [0.29, 0.717) is 5.56 Å². The number of amides is 2. The van der Waals surface area contributed by atoms with E-state index in [0.717, 1.165) is 26.7 Å². The Morgan fingerprint density at radius 3 is 1.89 bits per heavy atom. The van der Waals surface area contributed by atoms with Crippen molar-refractivity contribution in [2.75, 3.05) is 11.5 Å². The fraction of sp³-hybridized carbons (Fsp3) is 0.100. The van der Waals surface area contributed by atoms with E-state index in [1.807, 2.05) is 84.9 Å². The Balaban J connectivity index is 1.29.